The second kappa shape index (κ2) is 6.91. The van der Waals surface area contributed by atoms with Gasteiger partial charge in [-0.3, -0.25) is 4.79 Å². The van der Waals surface area contributed by atoms with E-state index in [-0.39, 0.29) is 5.91 Å². The molecule has 1 amide bonds. The SMILES string of the molecule is CCOc1ccc(CNC(=O)CCN)cc1C. The highest BCUT2D eigenvalue weighted by molar-refractivity contribution is 5.76. The average Bonchev–Trinajstić information content (AvgIpc) is 2.30. The van der Waals surface area contributed by atoms with E-state index in [1.807, 2.05) is 32.0 Å². The molecule has 4 heteroatoms. The Hall–Kier alpha value is -1.55. The topological polar surface area (TPSA) is 64.3 Å². The Morgan fingerprint density at radius 1 is 1.47 bits per heavy atom. The predicted octanol–water partition coefficient (Wildman–Crippen LogP) is 1.36. The standard InChI is InChI=1S/C13H20N2O2/c1-3-17-12-5-4-11(8-10(12)2)9-15-13(16)6-7-14/h4-5,8H,3,6-7,9,14H2,1-2H3,(H,15,16). The third-order valence-electron chi connectivity index (χ3n) is 2.40. The molecule has 0 saturated carbocycles. The van der Waals surface area contributed by atoms with Gasteiger partial charge in [0.25, 0.3) is 0 Å². The third kappa shape index (κ3) is 4.44. The maximum atomic E-state index is 11.3. The molecule has 0 heterocycles. The molecule has 0 aliphatic carbocycles. The number of carbonyl (C=O) groups is 1. The second-order valence-corrected chi connectivity index (χ2v) is 3.85. The summed E-state index contributed by atoms with van der Waals surface area (Å²) < 4.78 is 5.45. The zero-order valence-electron chi connectivity index (χ0n) is 10.5. The highest BCUT2D eigenvalue weighted by atomic mass is 16.5. The quantitative estimate of drug-likeness (QED) is 0.783. The number of rotatable bonds is 6. The first-order chi connectivity index (χ1) is 8.17. The fraction of sp³-hybridized carbons (Fsp3) is 0.462. The van der Waals surface area contributed by atoms with Crippen molar-refractivity contribution >= 4 is 5.91 Å². The lowest BCUT2D eigenvalue weighted by molar-refractivity contribution is -0.121. The number of carbonyl (C=O) groups excluding carboxylic acids is 1. The maximum Gasteiger partial charge on any atom is 0.221 e. The van der Waals surface area contributed by atoms with E-state index in [0.717, 1.165) is 16.9 Å². The molecule has 0 bridgehead atoms. The van der Waals surface area contributed by atoms with Crippen LogP contribution in [-0.2, 0) is 11.3 Å². The molecule has 0 unspecified atom stereocenters. The van der Waals surface area contributed by atoms with Crippen LogP contribution in [0.3, 0.4) is 0 Å². The second-order valence-electron chi connectivity index (χ2n) is 3.85. The van der Waals surface area contributed by atoms with Gasteiger partial charge < -0.3 is 15.8 Å². The number of benzene rings is 1. The molecule has 0 atom stereocenters. The first-order valence-electron chi connectivity index (χ1n) is 5.86. The van der Waals surface area contributed by atoms with E-state index in [4.69, 9.17) is 10.5 Å². The molecule has 1 aromatic rings. The lowest BCUT2D eigenvalue weighted by atomic mass is 10.1. The molecular weight excluding hydrogens is 216 g/mol. The summed E-state index contributed by atoms with van der Waals surface area (Å²) in [7, 11) is 0. The Balaban J connectivity index is 2.55. The minimum absolute atomic E-state index is 0.0148. The fourth-order valence-corrected chi connectivity index (χ4v) is 1.56. The van der Waals surface area contributed by atoms with Crippen LogP contribution in [0.4, 0.5) is 0 Å². The van der Waals surface area contributed by atoms with Crippen molar-refractivity contribution in [3.05, 3.63) is 29.3 Å². The lowest BCUT2D eigenvalue weighted by Gasteiger charge is -2.09. The molecule has 17 heavy (non-hydrogen) atoms. The van der Waals surface area contributed by atoms with Gasteiger partial charge in [0.1, 0.15) is 5.75 Å². The third-order valence-corrected chi connectivity index (χ3v) is 2.40. The van der Waals surface area contributed by atoms with Crippen LogP contribution < -0.4 is 15.8 Å². The molecule has 0 spiro atoms. The highest BCUT2D eigenvalue weighted by Gasteiger charge is 2.02. The Kier molecular flexibility index (Phi) is 5.49. The van der Waals surface area contributed by atoms with Crippen LogP contribution in [0.5, 0.6) is 5.75 Å². The summed E-state index contributed by atoms with van der Waals surface area (Å²) in [5.74, 6) is 0.878. The number of aryl methyl sites for hydroxylation is 1. The van der Waals surface area contributed by atoms with Gasteiger partial charge in [0.05, 0.1) is 6.61 Å². The summed E-state index contributed by atoms with van der Waals surface area (Å²) in [5.41, 5.74) is 7.45. The van der Waals surface area contributed by atoms with Crippen molar-refractivity contribution in [3.8, 4) is 5.75 Å². The van der Waals surface area contributed by atoms with Crippen LogP contribution in [0, 0.1) is 6.92 Å². The largest absolute Gasteiger partial charge is 0.494 e. The number of ether oxygens (including phenoxy) is 1. The summed E-state index contributed by atoms with van der Waals surface area (Å²) >= 11 is 0. The van der Waals surface area contributed by atoms with Gasteiger partial charge in [-0.05, 0) is 31.0 Å². The van der Waals surface area contributed by atoms with Gasteiger partial charge in [-0.2, -0.15) is 0 Å². The normalized spacial score (nSPS) is 10.1. The number of hydrogen-bond acceptors (Lipinski definition) is 3. The van der Waals surface area contributed by atoms with E-state index in [9.17, 15) is 4.79 Å². The fourth-order valence-electron chi connectivity index (χ4n) is 1.56. The van der Waals surface area contributed by atoms with Crippen LogP contribution in [0.25, 0.3) is 0 Å². The summed E-state index contributed by atoms with van der Waals surface area (Å²) in [6.45, 7) is 5.53. The van der Waals surface area contributed by atoms with Crippen molar-refractivity contribution in [2.45, 2.75) is 26.8 Å². The van der Waals surface area contributed by atoms with Crippen molar-refractivity contribution < 1.29 is 9.53 Å². The molecule has 0 fully saturated rings. The lowest BCUT2D eigenvalue weighted by Crippen LogP contribution is -2.25. The summed E-state index contributed by atoms with van der Waals surface area (Å²) in [6, 6.07) is 5.91. The van der Waals surface area contributed by atoms with E-state index in [1.54, 1.807) is 0 Å². The predicted molar refractivity (Wildman–Crippen MR) is 67.9 cm³/mol. The molecule has 0 radical (unpaired) electrons. The van der Waals surface area contributed by atoms with Gasteiger partial charge in [0.15, 0.2) is 0 Å². The summed E-state index contributed by atoms with van der Waals surface area (Å²) in [5, 5.41) is 2.82. The van der Waals surface area contributed by atoms with Crippen molar-refractivity contribution in [3.63, 3.8) is 0 Å². The summed E-state index contributed by atoms with van der Waals surface area (Å²) in [4.78, 5) is 11.3. The van der Waals surface area contributed by atoms with Crippen LogP contribution >= 0.6 is 0 Å². The van der Waals surface area contributed by atoms with Gasteiger partial charge in [-0.25, -0.2) is 0 Å². The molecule has 94 valence electrons. The van der Waals surface area contributed by atoms with Crippen LogP contribution in [-0.4, -0.2) is 19.1 Å². The van der Waals surface area contributed by atoms with E-state index in [0.29, 0.717) is 26.1 Å². The van der Waals surface area contributed by atoms with Crippen LogP contribution in [0.1, 0.15) is 24.5 Å². The Labute approximate surface area is 102 Å². The van der Waals surface area contributed by atoms with Gasteiger partial charge in [0.2, 0.25) is 5.91 Å². The Bertz CT molecular complexity index is 378. The summed E-state index contributed by atoms with van der Waals surface area (Å²) in [6.07, 6.45) is 0.371. The molecule has 1 aromatic carbocycles. The molecule has 0 aliphatic rings. The van der Waals surface area contributed by atoms with E-state index in [2.05, 4.69) is 5.32 Å². The molecule has 3 N–H and O–H groups in total. The Morgan fingerprint density at radius 2 is 2.24 bits per heavy atom. The van der Waals surface area contributed by atoms with Gasteiger partial charge >= 0.3 is 0 Å². The first-order valence-corrected chi connectivity index (χ1v) is 5.86. The zero-order valence-corrected chi connectivity index (χ0v) is 10.5. The maximum absolute atomic E-state index is 11.3. The van der Waals surface area contributed by atoms with Crippen molar-refractivity contribution in [1.82, 2.24) is 5.32 Å². The van der Waals surface area contributed by atoms with Gasteiger partial charge in [0, 0.05) is 19.5 Å². The molecule has 4 nitrogen and oxygen atoms in total. The monoisotopic (exact) mass is 236 g/mol. The Morgan fingerprint density at radius 3 is 2.82 bits per heavy atom. The van der Waals surface area contributed by atoms with Gasteiger partial charge in [-0.15, -0.1) is 0 Å². The van der Waals surface area contributed by atoms with Crippen LogP contribution in [0.15, 0.2) is 18.2 Å². The van der Waals surface area contributed by atoms with E-state index in [1.165, 1.54) is 0 Å². The highest BCUT2D eigenvalue weighted by Crippen LogP contribution is 2.18. The zero-order chi connectivity index (χ0) is 12.7. The van der Waals surface area contributed by atoms with E-state index < -0.39 is 0 Å². The number of nitrogens with one attached hydrogen (secondary N) is 1. The van der Waals surface area contributed by atoms with Crippen molar-refractivity contribution in [2.24, 2.45) is 5.73 Å². The molecule has 0 aliphatic heterocycles. The smallest absolute Gasteiger partial charge is 0.221 e. The average molecular weight is 236 g/mol. The number of hydrogen-bond donors (Lipinski definition) is 2. The minimum atomic E-state index is -0.0148. The molecular formula is C13H20N2O2. The molecule has 0 aromatic heterocycles. The first kappa shape index (κ1) is 13.5. The van der Waals surface area contributed by atoms with E-state index >= 15 is 0 Å². The number of nitrogens with two attached hydrogens (primary N) is 1. The van der Waals surface area contributed by atoms with Crippen molar-refractivity contribution in [1.29, 1.82) is 0 Å². The molecule has 1 rings (SSSR count). The minimum Gasteiger partial charge on any atom is -0.494 e. The van der Waals surface area contributed by atoms with Gasteiger partial charge in [-0.1, -0.05) is 12.1 Å². The van der Waals surface area contributed by atoms with Crippen molar-refractivity contribution in [2.75, 3.05) is 13.2 Å². The number of amides is 1. The van der Waals surface area contributed by atoms with Crippen LogP contribution in [0.2, 0.25) is 0 Å². The molecule has 0 saturated heterocycles.